The van der Waals surface area contributed by atoms with Gasteiger partial charge in [-0.25, -0.2) is 0 Å². The van der Waals surface area contributed by atoms with Crippen molar-refractivity contribution < 1.29 is 19.2 Å². The van der Waals surface area contributed by atoms with Crippen LogP contribution in [0.2, 0.25) is 0 Å². The highest BCUT2D eigenvalue weighted by Crippen LogP contribution is 2.66. The zero-order valence-electron chi connectivity index (χ0n) is 22.9. The number of hydrogen-bond acceptors (Lipinski definition) is 4. The summed E-state index contributed by atoms with van der Waals surface area (Å²) in [4.78, 5) is 54.0. The molecule has 0 radical (unpaired) electrons. The summed E-state index contributed by atoms with van der Waals surface area (Å²) in [5, 5.41) is 2.73. The Labute approximate surface area is 220 Å². The van der Waals surface area contributed by atoms with Gasteiger partial charge in [-0.05, 0) is 97.8 Å². The Bertz CT molecular complexity index is 1120. The van der Waals surface area contributed by atoms with Gasteiger partial charge in [-0.3, -0.25) is 24.1 Å². The standard InChI is InChI=1S/C30H41N3O4/c1-18(34)31-20-6-8-21(9-7-20)33(19(2)35)28(37)25-12-11-23-22-10-13-26-30(4,17-15-27(36)32(26)5)24(22)14-16-29(23,25)3/h6-9,22-26H,10-17H2,1-5H3,(H,31,34)/t22-,23-,24+,25?,26?,29-,30+/m0/s1. The Morgan fingerprint density at radius 2 is 1.59 bits per heavy atom. The molecule has 7 heteroatoms. The highest BCUT2D eigenvalue weighted by Gasteiger charge is 2.62. The van der Waals surface area contributed by atoms with Crippen LogP contribution < -0.4 is 10.2 Å². The minimum atomic E-state index is -0.277. The summed E-state index contributed by atoms with van der Waals surface area (Å²) >= 11 is 0. The Morgan fingerprint density at radius 1 is 0.919 bits per heavy atom. The summed E-state index contributed by atoms with van der Waals surface area (Å²) in [7, 11) is 1.99. The first-order valence-corrected chi connectivity index (χ1v) is 13.9. The number of hydrogen-bond donors (Lipinski definition) is 1. The smallest absolute Gasteiger partial charge is 0.237 e. The van der Waals surface area contributed by atoms with Crippen LogP contribution in [0.5, 0.6) is 0 Å². The minimum absolute atomic E-state index is 0.0916. The predicted octanol–water partition coefficient (Wildman–Crippen LogP) is 5.00. The van der Waals surface area contributed by atoms with Crippen molar-refractivity contribution in [1.82, 2.24) is 4.90 Å². The summed E-state index contributed by atoms with van der Waals surface area (Å²) < 4.78 is 0. The number of nitrogens with zero attached hydrogens (tertiary/aromatic N) is 2. The maximum absolute atomic E-state index is 14.0. The maximum atomic E-state index is 14.0. The van der Waals surface area contributed by atoms with Gasteiger partial charge in [-0.15, -0.1) is 0 Å². The number of fused-ring (bicyclic) bond motifs is 5. The van der Waals surface area contributed by atoms with Crippen LogP contribution in [-0.4, -0.2) is 41.6 Å². The van der Waals surface area contributed by atoms with E-state index in [-0.39, 0.29) is 40.4 Å². The number of imide groups is 1. The number of piperidine rings is 1. The molecule has 3 aliphatic carbocycles. The molecule has 1 aromatic carbocycles. The summed E-state index contributed by atoms with van der Waals surface area (Å²) in [6.07, 6.45) is 7.69. The first-order chi connectivity index (χ1) is 17.5. The van der Waals surface area contributed by atoms with E-state index in [0.717, 1.165) is 44.9 Å². The lowest BCUT2D eigenvalue weighted by molar-refractivity contribution is -0.159. The average Bonchev–Trinajstić information content (AvgIpc) is 3.19. The zero-order valence-corrected chi connectivity index (χ0v) is 22.9. The fraction of sp³-hybridized carbons (Fsp3) is 0.667. The number of nitrogens with one attached hydrogen (secondary N) is 1. The first-order valence-electron chi connectivity index (χ1n) is 13.9. The third kappa shape index (κ3) is 4.09. The quantitative estimate of drug-likeness (QED) is 0.624. The van der Waals surface area contributed by atoms with E-state index in [4.69, 9.17) is 0 Å². The van der Waals surface area contributed by atoms with Crippen LogP contribution in [0.1, 0.15) is 79.1 Å². The third-order valence-corrected chi connectivity index (χ3v) is 10.8. The number of likely N-dealkylation sites (tertiary alicyclic amines) is 1. The van der Waals surface area contributed by atoms with E-state index in [0.29, 0.717) is 41.6 Å². The lowest BCUT2D eigenvalue weighted by atomic mass is 9.47. The van der Waals surface area contributed by atoms with Crippen LogP contribution >= 0.6 is 0 Å². The fourth-order valence-corrected chi connectivity index (χ4v) is 9.07. The van der Waals surface area contributed by atoms with Crippen molar-refractivity contribution in [2.24, 2.45) is 34.5 Å². The molecule has 0 bridgehead atoms. The van der Waals surface area contributed by atoms with Gasteiger partial charge in [0, 0.05) is 45.0 Å². The van der Waals surface area contributed by atoms with Crippen LogP contribution in [0, 0.1) is 34.5 Å². The molecule has 37 heavy (non-hydrogen) atoms. The predicted molar refractivity (Wildman–Crippen MR) is 143 cm³/mol. The molecule has 7 atom stereocenters. The van der Waals surface area contributed by atoms with Gasteiger partial charge in [0.2, 0.25) is 23.6 Å². The second-order valence-electron chi connectivity index (χ2n) is 12.6. The lowest BCUT2D eigenvalue weighted by Crippen LogP contribution is -2.61. The average molecular weight is 508 g/mol. The van der Waals surface area contributed by atoms with Crippen molar-refractivity contribution in [3.8, 4) is 0 Å². The van der Waals surface area contributed by atoms with E-state index in [1.165, 1.54) is 18.7 Å². The number of anilines is 2. The molecule has 200 valence electrons. The molecule has 7 nitrogen and oxygen atoms in total. The number of carbonyl (C=O) groups is 4. The highest BCUT2D eigenvalue weighted by molar-refractivity contribution is 6.15. The van der Waals surface area contributed by atoms with Gasteiger partial charge in [0.1, 0.15) is 0 Å². The Balaban J connectivity index is 1.38. The van der Waals surface area contributed by atoms with Gasteiger partial charge in [0.05, 0.1) is 5.69 Å². The fourth-order valence-electron chi connectivity index (χ4n) is 9.07. The van der Waals surface area contributed by atoms with E-state index < -0.39 is 0 Å². The topological polar surface area (TPSA) is 86.8 Å². The van der Waals surface area contributed by atoms with Crippen molar-refractivity contribution in [2.75, 3.05) is 17.3 Å². The summed E-state index contributed by atoms with van der Waals surface area (Å²) in [5.41, 5.74) is 1.21. The Kier molecular flexibility index (Phi) is 6.48. The van der Waals surface area contributed by atoms with Crippen LogP contribution in [-0.2, 0) is 19.2 Å². The molecule has 2 unspecified atom stereocenters. The number of amides is 4. The molecule has 4 amide bonds. The van der Waals surface area contributed by atoms with Gasteiger partial charge in [-0.2, -0.15) is 0 Å². The van der Waals surface area contributed by atoms with E-state index in [1.807, 2.05) is 11.9 Å². The molecule has 4 fully saturated rings. The van der Waals surface area contributed by atoms with Crippen LogP contribution in [0.3, 0.4) is 0 Å². The van der Waals surface area contributed by atoms with Gasteiger partial charge < -0.3 is 10.2 Å². The second kappa shape index (κ2) is 9.25. The second-order valence-corrected chi connectivity index (χ2v) is 12.6. The summed E-state index contributed by atoms with van der Waals surface area (Å²) in [6.45, 7) is 7.62. The Morgan fingerprint density at radius 3 is 2.24 bits per heavy atom. The van der Waals surface area contributed by atoms with Crippen molar-refractivity contribution in [2.45, 2.75) is 85.1 Å². The van der Waals surface area contributed by atoms with Gasteiger partial charge in [0.15, 0.2) is 0 Å². The maximum Gasteiger partial charge on any atom is 0.237 e. The molecule has 0 spiro atoms. The van der Waals surface area contributed by atoms with Crippen LogP contribution in [0.15, 0.2) is 24.3 Å². The monoisotopic (exact) mass is 507 g/mol. The van der Waals surface area contributed by atoms with Crippen LogP contribution in [0.4, 0.5) is 11.4 Å². The normalized spacial score (nSPS) is 36.7. The largest absolute Gasteiger partial charge is 0.342 e. The zero-order chi connectivity index (χ0) is 26.7. The SMILES string of the molecule is CC(=O)Nc1ccc(N(C(C)=O)C(=O)C2CC[C@H]3[C@@H]4CCC5N(C)C(=O)CC[C@]5(C)[C@@H]4CC[C@]23C)cc1. The van der Waals surface area contributed by atoms with E-state index in [9.17, 15) is 19.2 Å². The van der Waals surface area contributed by atoms with Gasteiger partial charge in [-0.1, -0.05) is 13.8 Å². The number of carbonyl (C=O) groups excluding carboxylic acids is 4. The van der Waals surface area contributed by atoms with Gasteiger partial charge in [0.25, 0.3) is 0 Å². The highest BCUT2D eigenvalue weighted by atomic mass is 16.2. The molecule has 1 N–H and O–H groups in total. The summed E-state index contributed by atoms with van der Waals surface area (Å²) in [5.74, 6) is 1.19. The molecule has 4 aliphatic rings. The molecule has 1 aliphatic heterocycles. The van der Waals surface area contributed by atoms with Crippen molar-refractivity contribution in [3.05, 3.63) is 24.3 Å². The van der Waals surface area contributed by atoms with Crippen molar-refractivity contribution in [1.29, 1.82) is 0 Å². The van der Waals surface area contributed by atoms with E-state index in [1.54, 1.807) is 24.3 Å². The molecule has 5 rings (SSSR count). The van der Waals surface area contributed by atoms with Gasteiger partial charge >= 0.3 is 0 Å². The number of benzene rings is 1. The summed E-state index contributed by atoms with van der Waals surface area (Å²) in [6, 6.07) is 7.26. The molecule has 1 heterocycles. The number of rotatable bonds is 3. The van der Waals surface area contributed by atoms with Crippen molar-refractivity contribution in [3.63, 3.8) is 0 Å². The van der Waals surface area contributed by atoms with Crippen LogP contribution in [0.25, 0.3) is 0 Å². The van der Waals surface area contributed by atoms with E-state index in [2.05, 4.69) is 19.2 Å². The molecular weight excluding hydrogens is 466 g/mol. The third-order valence-electron chi connectivity index (χ3n) is 10.8. The molecule has 0 aromatic heterocycles. The van der Waals surface area contributed by atoms with E-state index >= 15 is 0 Å². The molecule has 3 saturated carbocycles. The Hall–Kier alpha value is -2.70. The molecule has 1 saturated heterocycles. The molecular formula is C30H41N3O4. The first kappa shape index (κ1) is 25.9. The van der Waals surface area contributed by atoms with Crippen molar-refractivity contribution >= 4 is 35.0 Å². The molecule has 1 aromatic rings. The minimum Gasteiger partial charge on any atom is -0.342 e. The lowest BCUT2D eigenvalue weighted by Gasteiger charge is -2.61.